The Morgan fingerprint density at radius 3 is 1.00 bits per heavy atom. The average Bonchev–Trinajstić information content (AvgIpc) is 2.37. The molecule has 0 heterocycles. The van der Waals surface area contributed by atoms with Crippen molar-refractivity contribution in [2.75, 3.05) is 0 Å². The minimum absolute atomic E-state index is 0.0300. The number of hydrogen-bond acceptors (Lipinski definition) is 6. The van der Waals surface area contributed by atoms with Crippen LogP contribution in [0.15, 0.2) is 226 Å². The first-order valence-corrected chi connectivity index (χ1v) is 28.2. The summed E-state index contributed by atoms with van der Waals surface area (Å²) < 4.78 is 203. The summed E-state index contributed by atoms with van der Waals surface area (Å²) in [6, 6.07) is 48.2. The van der Waals surface area contributed by atoms with Crippen LogP contribution in [-0.4, -0.2) is 22.6 Å². The zero-order chi connectivity index (χ0) is 63.5. The highest BCUT2D eigenvalue weighted by atomic mass is 32.2. The van der Waals surface area contributed by atoms with Gasteiger partial charge in [-0.05, 0) is 117 Å². The summed E-state index contributed by atoms with van der Waals surface area (Å²) in [6.45, 7) is 7.64. The topological polar surface area (TPSA) is 109 Å². The van der Waals surface area contributed by atoms with E-state index in [1.165, 1.54) is 0 Å². The maximum atomic E-state index is 13.4. The maximum Gasteiger partial charge on any atom is 0.206 e. The van der Waals surface area contributed by atoms with Gasteiger partial charge in [-0.15, -0.1) is 0 Å². The molecule has 0 amide bonds. The van der Waals surface area contributed by atoms with Gasteiger partial charge >= 0.3 is 0 Å². The van der Waals surface area contributed by atoms with Crippen molar-refractivity contribution in [1.82, 2.24) is 0 Å². The Labute approximate surface area is 489 Å². The van der Waals surface area contributed by atoms with Crippen LogP contribution >= 0.6 is 0 Å². The minimum atomic E-state index is -3.43. The van der Waals surface area contributed by atoms with E-state index < -0.39 is 101 Å². The number of rotatable bonds is 7. The van der Waals surface area contributed by atoms with Crippen LogP contribution in [0.3, 0.4) is 0 Å². The molecule has 1 aliphatic rings. The fraction of sp³-hybridized carbons (Fsp3) is 0.0909. The van der Waals surface area contributed by atoms with E-state index >= 15 is 0 Å². The molecule has 0 saturated heterocycles. The van der Waals surface area contributed by atoms with Gasteiger partial charge in [0.05, 0.1) is 42.3 Å². The first-order valence-electron chi connectivity index (χ1n) is 25.3. The molecule has 20 heteroatoms. The van der Waals surface area contributed by atoms with E-state index in [1.54, 1.807) is 97.1 Å². The molecule has 0 fully saturated rings. The zero-order valence-corrected chi connectivity index (χ0v) is 47.4. The van der Waals surface area contributed by atoms with Gasteiger partial charge in [0.1, 0.15) is 0 Å². The number of Topliss-reactive ketones (excluding diaryl/α,β-unsaturated/α-hetero) is 1. The van der Waals surface area contributed by atoms with Gasteiger partial charge < -0.3 is 0 Å². The summed E-state index contributed by atoms with van der Waals surface area (Å²) in [7, 11) is -6.77. The number of allylic oxidation sites excluding steroid dienone is 4. The number of benzene rings is 9. The molecule has 0 saturated carbocycles. The van der Waals surface area contributed by atoms with Crippen molar-refractivity contribution in [3.8, 4) is 17.2 Å². The maximum absolute atomic E-state index is 13.4. The van der Waals surface area contributed by atoms with E-state index in [0.29, 0.717) is 25.1 Å². The molecule has 0 N–H and O–H groups in total. The number of ketones is 1. The van der Waals surface area contributed by atoms with E-state index in [-0.39, 0.29) is 36.0 Å². The summed E-state index contributed by atoms with van der Waals surface area (Å²) in [5.74, 6) is -21.9. The molecule has 0 bridgehead atoms. The Bertz CT molecular complexity index is 3860. The Kier molecular flexibility index (Phi) is 24.3. The average molecular weight is 1230 g/mol. The monoisotopic (exact) mass is 1230 g/mol. The van der Waals surface area contributed by atoms with Gasteiger partial charge in [-0.3, -0.25) is 4.79 Å². The SMILES string of the molecule is Cc1cc(C)cc(S(=O)(=O)c2cc(C)cc(C)c2)c1.Fc1cc(F)c(F)c(-c2c(F)c(F)cc(F)c2F)c1F.Fc1cc(F)c(F)cc1F.N#Cc1ccccc1.O=C(c1ccccc1)C1C=CC=CC1.O=S(=O)(c1ccccc1)c1ccccc1. The van der Waals surface area contributed by atoms with Crippen LogP contribution in [0.5, 0.6) is 0 Å². The molecular formula is C66H49F12NO5S2. The zero-order valence-electron chi connectivity index (χ0n) is 45.8. The molecule has 0 aliphatic heterocycles. The smallest absolute Gasteiger partial charge is 0.206 e. The van der Waals surface area contributed by atoms with Crippen LogP contribution in [0.25, 0.3) is 11.1 Å². The molecule has 0 aromatic heterocycles. The normalized spacial score (nSPS) is 12.2. The third kappa shape index (κ3) is 18.3. The van der Waals surface area contributed by atoms with Gasteiger partial charge in [0.2, 0.25) is 19.7 Å². The van der Waals surface area contributed by atoms with E-state index in [1.807, 2.05) is 119 Å². The molecule has 1 aliphatic carbocycles. The van der Waals surface area contributed by atoms with Gasteiger partial charge in [0.25, 0.3) is 0 Å². The Morgan fingerprint density at radius 2 is 0.698 bits per heavy atom. The molecule has 6 nitrogen and oxygen atoms in total. The molecular weight excluding hydrogens is 1180 g/mol. The quantitative estimate of drug-likeness (QED) is 0.0893. The van der Waals surface area contributed by atoms with Crippen molar-refractivity contribution in [3.63, 3.8) is 0 Å². The first kappa shape index (κ1) is 67.5. The molecule has 9 aromatic rings. The fourth-order valence-electron chi connectivity index (χ4n) is 7.84. The van der Waals surface area contributed by atoms with Crippen LogP contribution in [0, 0.1) is 115 Å². The largest absolute Gasteiger partial charge is 0.294 e. The number of sulfone groups is 2. The van der Waals surface area contributed by atoms with Gasteiger partial charge in [-0.2, -0.15) is 5.26 Å². The lowest BCUT2D eigenvalue weighted by molar-refractivity contribution is 0.0945. The predicted molar refractivity (Wildman–Crippen MR) is 302 cm³/mol. The highest BCUT2D eigenvalue weighted by molar-refractivity contribution is 7.91. The number of halogens is 12. The van der Waals surface area contributed by atoms with Crippen molar-refractivity contribution in [2.24, 2.45) is 5.92 Å². The number of carbonyl (C=O) groups is 1. The van der Waals surface area contributed by atoms with Gasteiger partial charge in [-0.1, -0.05) is 121 Å². The van der Waals surface area contributed by atoms with E-state index in [2.05, 4.69) is 0 Å². The molecule has 444 valence electrons. The van der Waals surface area contributed by atoms with Crippen molar-refractivity contribution >= 4 is 25.5 Å². The number of aryl methyl sites for hydroxylation is 4. The van der Waals surface area contributed by atoms with Crippen LogP contribution < -0.4 is 0 Å². The van der Waals surface area contributed by atoms with E-state index in [0.717, 1.165) is 34.2 Å². The second kappa shape index (κ2) is 31.0. The van der Waals surface area contributed by atoms with Gasteiger partial charge in [0, 0.05) is 35.7 Å². The molecule has 9 aromatic carbocycles. The highest BCUT2D eigenvalue weighted by Crippen LogP contribution is 2.35. The second-order valence-electron chi connectivity index (χ2n) is 18.5. The lowest BCUT2D eigenvalue weighted by atomic mass is 9.92. The van der Waals surface area contributed by atoms with Crippen molar-refractivity contribution < 1.29 is 74.3 Å². The number of carbonyl (C=O) groups excluding carboxylic acids is 1. The first-order chi connectivity index (χ1) is 40.7. The van der Waals surface area contributed by atoms with E-state index in [9.17, 15) is 74.3 Å². The predicted octanol–water partition coefficient (Wildman–Crippen LogP) is 17.5. The summed E-state index contributed by atoms with van der Waals surface area (Å²) >= 11 is 0. The Balaban J connectivity index is 0.000000193. The van der Waals surface area contributed by atoms with Crippen molar-refractivity contribution in [2.45, 2.75) is 53.7 Å². The Hall–Kier alpha value is -9.32. The summed E-state index contributed by atoms with van der Waals surface area (Å²) in [5.41, 5.74) is 1.63. The molecule has 1 atom stereocenters. The second-order valence-corrected chi connectivity index (χ2v) is 22.4. The third-order valence-electron chi connectivity index (χ3n) is 11.8. The van der Waals surface area contributed by atoms with Crippen molar-refractivity contribution in [3.05, 3.63) is 309 Å². The van der Waals surface area contributed by atoms with Crippen LogP contribution in [0.4, 0.5) is 52.7 Å². The number of hydrogen-bond donors (Lipinski definition) is 0. The number of nitrogens with zero attached hydrogens (tertiary/aromatic N) is 1. The summed E-state index contributed by atoms with van der Waals surface area (Å²) in [5, 5.41) is 8.29. The lowest BCUT2D eigenvalue weighted by Crippen LogP contribution is -2.12. The molecule has 86 heavy (non-hydrogen) atoms. The molecule has 0 spiro atoms. The molecule has 1 unspecified atom stereocenters. The van der Waals surface area contributed by atoms with Gasteiger partial charge in [0.15, 0.2) is 75.6 Å². The Morgan fingerprint density at radius 1 is 0.395 bits per heavy atom. The summed E-state index contributed by atoms with van der Waals surface area (Å²) in [6.07, 6.45) is 8.74. The highest BCUT2D eigenvalue weighted by Gasteiger charge is 2.29. The van der Waals surface area contributed by atoms with Crippen LogP contribution in [0.1, 0.15) is 44.6 Å². The standard InChI is InChI=1S/C16H18O2S.C13H12O.C12H2F8.C12H10O2S.C7H5N.C6H2F4/c1-11-5-12(2)8-15(7-11)19(17,18)16-9-13(3)6-14(4)10-16;14-13(11-7-3-1-4-8-11)12-9-5-2-6-10-12;13-3-1-4(14)10(18)7(9(3)17)8-11(19)5(15)2-6(16)12(8)20;13-15(14,11-7-3-1-4-8-11)12-9-5-2-6-10-12;8-6-7-4-2-1-3-5-7;7-3-1-4(8)6(10)2-5(3)9/h5-10H,1-4H3;1-9,12H,10H2;1-2H;1-10H;1-5H;1-2H. The van der Waals surface area contributed by atoms with Crippen molar-refractivity contribution in [1.29, 1.82) is 5.26 Å². The van der Waals surface area contributed by atoms with Crippen LogP contribution in [0.2, 0.25) is 0 Å². The van der Waals surface area contributed by atoms with Gasteiger partial charge in [-0.25, -0.2) is 69.5 Å². The minimum Gasteiger partial charge on any atom is -0.294 e. The molecule has 10 rings (SSSR count). The van der Waals surface area contributed by atoms with Crippen LogP contribution in [-0.2, 0) is 19.7 Å². The molecule has 0 radical (unpaired) electrons. The third-order valence-corrected chi connectivity index (χ3v) is 15.3. The fourth-order valence-corrected chi connectivity index (χ4v) is 10.8. The lowest BCUT2D eigenvalue weighted by Gasteiger charge is -2.11. The number of nitriles is 1. The summed E-state index contributed by atoms with van der Waals surface area (Å²) in [4.78, 5) is 13.3. The van der Waals surface area contributed by atoms with E-state index in [4.69, 9.17) is 5.26 Å².